The average Bonchev–Trinajstić information content (AvgIpc) is 3.50. The molecule has 0 saturated heterocycles. The Kier molecular flexibility index (Phi) is 4.53. The molecule has 3 heterocycles. The van der Waals surface area contributed by atoms with Gasteiger partial charge in [-0.2, -0.15) is 0 Å². The van der Waals surface area contributed by atoms with E-state index in [4.69, 9.17) is 9.47 Å². The zero-order valence-electron chi connectivity index (χ0n) is 17.5. The summed E-state index contributed by atoms with van der Waals surface area (Å²) in [4.78, 5) is 0. The van der Waals surface area contributed by atoms with Crippen molar-refractivity contribution in [1.82, 2.24) is 4.57 Å². The van der Waals surface area contributed by atoms with Crippen molar-refractivity contribution in [2.45, 2.75) is 32.9 Å². The third-order valence-electron chi connectivity index (χ3n) is 6.57. The van der Waals surface area contributed by atoms with Gasteiger partial charge in [-0.25, -0.2) is 9.13 Å². The Hall–Kier alpha value is -2.79. The minimum Gasteiger partial charge on any atom is -0.493 e. The second-order valence-corrected chi connectivity index (χ2v) is 9.27. The van der Waals surface area contributed by atoms with Crippen molar-refractivity contribution in [2.75, 3.05) is 13.2 Å². The summed E-state index contributed by atoms with van der Waals surface area (Å²) in [5.41, 5.74) is 7.69. The molecule has 2 aliphatic rings. The smallest absolute Gasteiger partial charge is 0.254 e. The van der Waals surface area contributed by atoms with Crippen molar-refractivity contribution < 1.29 is 14.0 Å². The van der Waals surface area contributed by atoms with Crippen molar-refractivity contribution in [3.05, 3.63) is 87.1 Å². The van der Waals surface area contributed by atoms with E-state index < -0.39 is 0 Å². The predicted octanol–water partition coefficient (Wildman–Crippen LogP) is 4.97. The minimum atomic E-state index is 0.764. The third-order valence-corrected chi connectivity index (χ3v) is 7.10. The summed E-state index contributed by atoms with van der Waals surface area (Å²) in [6.45, 7) is 5.39. The maximum absolute atomic E-state index is 6.11. The molecular weight excluding hydrogens is 452 g/mol. The predicted molar refractivity (Wildman–Crippen MR) is 124 cm³/mol. The summed E-state index contributed by atoms with van der Waals surface area (Å²) < 4.78 is 18.0. The zero-order chi connectivity index (χ0) is 20.9. The molecule has 0 amide bonds. The lowest BCUT2D eigenvalue weighted by atomic mass is 9.99. The largest absolute Gasteiger partial charge is 0.493 e. The Morgan fingerprint density at radius 1 is 1.00 bits per heavy atom. The number of benzene rings is 3. The minimum absolute atomic E-state index is 0.764. The van der Waals surface area contributed by atoms with Crippen molar-refractivity contribution in [1.29, 1.82) is 0 Å². The van der Waals surface area contributed by atoms with E-state index in [1.165, 1.54) is 39.1 Å². The van der Waals surface area contributed by atoms with Crippen LogP contribution in [0.3, 0.4) is 0 Å². The second-order valence-electron chi connectivity index (χ2n) is 8.35. The van der Waals surface area contributed by atoms with E-state index >= 15 is 0 Å². The Balaban J connectivity index is 1.48. The van der Waals surface area contributed by atoms with Crippen molar-refractivity contribution in [2.24, 2.45) is 0 Å². The molecule has 0 saturated carbocycles. The van der Waals surface area contributed by atoms with Crippen LogP contribution in [0.2, 0.25) is 0 Å². The molecule has 0 atom stereocenters. The summed E-state index contributed by atoms with van der Waals surface area (Å²) in [7, 11) is 0. The normalized spacial score (nSPS) is 14.4. The van der Waals surface area contributed by atoms with Crippen LogP contribution in [0.4, 0.5) is 0 Å². The highest BCUT2D eigenvalue weighted by molar-refractivity contribution is 9.10. The molecule has 0 aliphatic carbocycles. The lowest BCUT2D eigenvalue weighted by molar-refractivity contribution is -0.669. The second kappa shape index (κ2) is 7.41. The highest BCUT2D eigenvalue weighted by Gasteiger charge is 2.30. The number of fused-ring (bicyclic) bond motifs is 3. The third kappa shape index (κ3) is 3.14. The standard InChI is InChI=1S/C26H24BrN2O2/c1-17-28(15-18-6-8-20(27)9-7-18)23-4-2-3-5-24(23)29(17)16-22-21-11-13-30-25(21)14-19-10-12-31-26(19)22/h2-9,14H,10-13,15-16H2,1H3/q+1. The molecule has 2 aliphatic heterocycles. The SMILES string of the molecule is Cc1n(Cc2c3c(cc4c2OCC4)OCC3)c2ccccc2[n+]1Cc1ccc(Br)cc1. The van der Waals surface area contributed by atoms with Gasteiger partial charge in [0.05, 0.1) is 13.2 Å². The number of hydrogen-bond acceptors (Lipinski definition) is 2. The quantitative estimate of drug-likeness (QED) is 0.389. The van der Waals surface area contributed by atoms with Crippen LogP contribution in [-0.2, 0) is 25.9 Å². The number of imidazole rings is 1. The molecule has 6 rings (SSSR count). The van der Waals surface area contributed by atoms with Gasteiger partial charge in [-0.3, -0.25) is 0 Å². The molecule has 0 spiro atoms. The van der Waals surface area contributed by atoms with E-state index in [-0.39, 0.29) is 0 Å². The maximum Gasteiger partial charge on any atom is 0.254 e. The molecule has 31 heavy (non-hydrogen) atoms. The van der Waals surface area contributed by atoms with Crippen LogP contribution in [0.25, 0.3) is 11.0 Å². The fourth-order valence-corrected chi connectivity index (χ4v) is 5.26. The molecule has 0 bridgehead atoms. The lowest BCUT2D eigenvalue weighted by Gasteiger charge is -2.12. The van der Waals surface area contributed by atoms with Gasteiger partial charge in [0.2, 0.25) is 0 Å². The fraction of sp³-hybridized carbons (Fsp3) is 0.269. The number of rotatable bonds is 4. The van der Waals surface area contributed by atoms with Gasteiger partial charge in [-0.05, 0) is 35.9 Å². The molecule has 0 N–H and O–H groups in total. The molecule has 4 nitrogen and oxygen atoms in total. The Labute approximate surface area is 190 Å². The first-order chi connectivity index (χ1) is 15.2. The lowest BCUT2D eigenvalue weighted by Crippen LogP contribution is -2.37. The average molecular weight is 476 g/mol. The van der Waals surface area contributed by atoms with E-state index in [9.17, 15) is 0 Å². The van der Waals surface area contributed by atoms with Crippen molar-refractivity contribution in [3.8, 4) is 11.5 Å². The van der Waals surface area contributed by atoms with Crippen LogP contribution in [0.15, 0.2) is 59.1 Å². The van der Waals surface area contributed by atoms with Crippen molar-refractivity contribution >= 4 is 27.0 Å². The van der Waals surface area contributed by atoms with Gasteiger partial charge in [0.25, 0.3) is 5.82 Å². The Bertz CT molecular complexity index is 1280. The summed E-state index contributed by atoms with van der Waals surface area (Å²) in [5.74, 6) is 3.38. The number of para-hydroxylation sites is 2. The van der Waals surface area contributed by atoms with Crippen LogP contribution in [0.5, 0.6) is 11.5 Å². The van der Waals surface area contributed by atoms with E-state index in [0.717, 1.165) is 55.1 Å². The van der Waals surface area contributed by atoms with E-state index in [2.05, 4.69) is 86.6 Å². The highest BCUT2D eigenvalue weighted by atomic mass is 79.9. The van der Waals surface area contributed by atoms with Gasteiger partial charge in [0.1, 0.15) is 24.6 Å². The molecule has 156 valence electrons. The molecule has 1 aromatic heterocycles. The van der Waals surface area contributed by atoms with Gasteiger partial charge >= 0.3 is 0 Å². The molecule has 3 aromatic carbocycles. The van der Waals surface area contributed by atoms with Crippen LogP contribution >= 0.6 is 15.9 Å². The Morgan fingerprint density at radius 3 is 2.68 bits per heavy atom. The molecule has 0 unspecified atom stereocenters. The zero-order valence-corrected chi connectivity index (χ0v) is 19.1. The number of ether oxygens (including phenoxy) is 2. The summed E-state index contributed by atoms with van der Waals surface area (Å²) in [6.07, 6.45) is 1.92. The first-order valence-electron chi connectivity index (χ1n) is 10.8. The number of halogens is 1. The summed E-state index contributed by atoms with van der Waals surface area (Å²) >= 11 is 3.54. The topological polar surface area (TPSA) is 27.3 Å². The van der Waals surface area contributed by atoms with Crippen molar-refractivity contribution in [3.63, 3.8) is 0 Å². The molecular formula is C26H24BrN2O2+. The van der Waals surface area contributed by atoms with Gasteiger partial charge in [0.15, 0.2) is 11.0 Å². The summed E-state index contributed by atoms with van der Waals surface area (Å²) in [6, 6.07) is 19.5. The van der Waals surface area contributed by atoms with Crippen LogP contribution in [-0.4, -0.2) is 17.8 Å². The van der Waals surface area contributed by atoms with Crippen LogP contribution in [0.1, 0.15) is 28.1 Å². The van der Waals surface area contributed by atoms with E-state index in [1.54, 1.807) is 0 Å². The summed E-state index contributed by atoms with van der Waals surface area (Å²) in [5, 5.41) is 0. The maximum atomic E-state index is 6.11. The molecule has 0 radical (unpaired) electrons. The monoisotopic (exact) mass is 475 g/mol. The van der Waals surface area contributed by atoms with Gasteiger partial charge < -0.3 is 9.47 Å². The van der Waals surface area contributed by atoms with Gasteiger partial charge in [-0.15, -0.1) is 0 Å². The first kappa shape index (κ1) is 18.9. The Morgan fingerprint density at radius 2 is 1.81 bits per heavy atom. The first-order valence-corrected chi connectivity index (χ1v) is 11.6. The number of hydrogen-bond donors (Lipinski definition) is 0. The van der Waals surface area contributed by atoms with Crippen LogP contribution in [0, 0.1) is 6.92 Å². The number of nitrogens with zero attached hydrogens (tertiary/aromatic N) is 2. The fourth-order valence-electron chi connectivity index (χ4n) is 5.00. The van der Waals surface area contributed by atoms with E-state index in [1.807, 2.05) is 0 Å². The molecule has 5 heteroatoms. The highest BCUT2D eigenvalue weighted by Crippen LogP contribution is 2.41. The van der Waals surface area contributed by atoms with Gasteiger partial charge in [-0.1, -0.05) is 40.2 Å². The van der Waals surface area contributed by atoms with Crippen LogP contribution < -0.4 is 14.0 Å². The number of aromatic nitrogens is 2. The molecule has 0 fully saturated rings. The molecule has 4 aromatic rings. The van der Waals surface area contributed by atoms with E-state index in [0.29, 0.717) is 0 Å². The van der Waals surface area contributed by atoms with Gasteiger partial charge in [0, 0.05) is 40.9 Å².